The zero-order chi connectivity index (χ0) is 11.0. The smallest absolute Gasteiger partial charge is 0.411 e. The first-order chi connectivity index (χ1) is 6.60. The fourth-order valence-electron chi connectivity index (χ4n) is 0.725. The van der Waals surface area contributed by atoms with Gasteiger partial charge in [-0.25, -0.2) is 9.59 Å². The highest BCUT2D eigenvalue weighted by molar-refractivity contribution is 5.83. The van der Waals surface area contributed by atoms with Crippen LogP contribution in [0.3, 0.4) is 0 Å². The topological polar surface area (TPSA) is 64.6 Å². The van der Waals surface area contributed by atoms with Crippen molar-refractivity contribution < 1.29 is 19.1 Å². The largest absolute Gasteiger partial charge is 0.463 e. The number of esters is 1. The summed E-state index contributed by atoms with van der Waals surface area (Å²) in [4.78, 5) is 21.8. The number of nitrogens with one attached hydrogen (secondary N) is 1. The Labute approximate surface area is 83.1 Å². The van der Waals surface area contributed by atoms with Gasteiger partial charge in [0.25, 0.3) is 0 Å². The fraction of sp³-hybridized carbons (Fsp3) is 0.556. The van der Waals surface area contributed by atoms with Crippen LogP contribution in [0.2, 0.25) is 0 Å². The molecule has 0 saturated carbocycles. The quantitative estimate of drug-likeness (QED) is 0.548. The third kappa shape index (κ3) is 6.05. The average molecular weight is 201 g/mol. The molecule has 80 valence electrons. The maximum absolute atomic E-state index is 10.9. The van der Waals surface area contributed by atoms with Gasteiger partial charge in [0.2, 0.25) is 0 Å². The van der Waals surface area contributed by atoms with Gasteiger partial charge in [0.15, 0.2) is 0 Å². The Kier molecular flexibility index (Phi) is 6.19. The Morgan fingerprint density at radius 1 is 1.21 bits per heavy atom. The number of allylic oxidation sites excluding steroid dienone is 1. The molecule has 1 amide bonds. The first-order valence-corrected chi connectivity index (χ1v) is 4.39. The Hall–Kier alpha value is -1.52. The standard InChI is InChI=1S/C9H15NO4/c1-4-13-8(11)6-7(3)10-9(12)14-5-2/h6H,4-5H2,1-3H3,(H,10,12). The van der Waals surface area contributed by atoms with E-state index in [4.69, 9.17) is 0 Å². The van der Waals surface area contributed by atoms with Crippen LogP contribution >= 0.6 is 0 Å². The molecule has 0 saturated heterocycles. The molecule has 0 aliphatic heterocycles. The van der Waals surface area contributed by atoms with Gasteiger partial charge in [-0.15, -0.1) is 0 Å². The molecule has 0 aromatic rings. The molecule has 5 nitrogen and oxygen atoms in total. The third-order valence-electron chi connectivity index (χ3n) is 1.20. The van der Waals surface area contributed by atoms with Crippen LogP contribution in [0.4, 0.5) is 4.79 Å². The Morgan fingerprint density at radius 2 is 1.79 bits per heavy atom. The van der Waals surface area contributed by atoms with Crippen LogP contribution in [0.15, 0.2) is 11.8 Å². The zero-order valence-corrected chi connectivity index (χ0v) is 8.62. The summed E-state index contributed by atoms with van der Waals surface area (Å²) in [6.07, 6.45) is 0.617. The molecule has 0 unspecified atom stereocenters. The van der Waals surface area contributed by atoms with Crippen molar-refractivity contribution in [2.75, 3.05) is 13.2 Å². The summed E-state index contributed by atoms with van der Waals surface area (Å²) < 4.78 is 9.26. The van der Waals surface area contributed by atoms with Crippen molar-refractivity contribution in [2.24, 2.45) is 0 Å². The highest BCUT2D eigenvalue weighted by Gasteiger charge is 2.02. The first kappa shape index (κ1) is 12.5. The summed E-state index contributed by atoms with van der Waals surface area (Å²) >= 11 is 0. The van der Waals surface area contributed by atoms with Crippen LogP contribution < -0.4 is 5.32 Å². The molecule has 0 aromatic carbocycles. The number of rotatable bonds is 4. The molecule has 0 aliphatic rings. The van der Waals surface area contributed by atoms with Gasteiger partial charge < -0.3 is 9.47 Å². The van der Waals surface area contributed by atoms with Crippen LogP contribution in [-0.2, 0) is 14.3 Å². The van der Waals surface area contributed by atoms with Crippen molar-refractivity contribution in [3.05, 3.63) is 11.8 Å². The van der Waals surface area contributed by atoms with E-state index in [-0.39, 0.29) is 0 Å². The monoisotopic (exact) mass is 201 g/mol. The minimum absolute atomic E-state index is 0.290. The number of alkyl carbamates (subject to hydrolysis) is 1. The van der Waals surface area contributed by atoms with E-state index in [0.717, 1.165) is 0 Å². The lowest BCUT2D eigenvalue weighted by atomic mass is 10.4. The van der Waals surface area contributed by atoms with Gasteiger partial charge in [0.1, 0.15) is 0 Å². The van der Waals surface area contributed by atoms with Crippen LogP contribution in [0, 0.1) is 0 Å². The number of amides is 1. The number of hydrogen-bond acceptors (Lipinski definition) is 4. The third-order valence-corrected chi connectivity index (χ3v) is 1.20. The van der Waals surface area contributed by atoms with Gasteiger partial charge >= 0.3 is 12.1 Å². The van der Waals surface area contributed by atoms with Crippen molar-refractivity contribution in [3.8, 4) is 0 Å². The lowest BCUT2D eigenvalue weighted by Gasteiger charge is -2.04. The number of ether oxygens (including phenoxy) is 2. The summed E-state index contributed by atoms with van der Waals surface area (Å²) in [6.45, 7) is 5.58. The van der Waals surface area contributed by atoms with E-state index in [1.54, 1.807) is 20.8 Å². The van der Waals surface area contributed by atoms with E-state index >= 15 is 0 Å². The Balaban J connectivity index is 3.99. The van der Waals surface area contributed by atoms with E-state index in [0.29, 0.717) is 18.9 Å². The predicted octanol–water partition coefficient (Wildman–Crippen LogP) is 1.20. The van der Waals surface area contributed by atoms with E-state index in [1.807, 2.05) is 0 Å². The van der Waals surface area contributed by atoms with Crippen LogP contribution in [-0.4, -0.2) is 25.3 Å². The molecule has 0 heterocycles. The van der Waals surface area contributed by atoms with Gasteiger partial charge in [-0.05, 0) is 20.8 Å². The number of carbonyl (C=O) groups excluding carboxylic acids is 2. The lowest BCUT2D eigenvalue weighted by molar-refractivity contribution is -0.137. The van der Waals surface area contributed by atoms with Crippen molar-refractivity contribution in [1.82, 2.24) is 5.32 Å². The molecule has 0 aromatic heterocycles. The average Bonchev–Trinajstić information content (AvgIpc) is 2.03. The summed E-state index contributed by atoms with van der Waals surface area (Å²) in [6, 6.07) is 0. The lowest BCUT2D eigenvalue weighted by Crippen LogP contribution is -2.23. The Bertz CT molecular complexity index is 235. The van der Waals surface area contributed by atoms with Gasteiger partial charge in [0.05, 0.1) is 13.2 Å². The summed E-state index contributed by atoms with van der Waals surface area (Å²) in [5.74, 6) is -0.484. The molecule has 0 radical (unpaired) electrons. The van der Waals surface area contributed by atoms with Crippen molar-refractivity contribution >= 4 is 12.1 Å². The van der Waals surface area contributed by atoms with Gasteiger partial charge in [-0.1, -0.05) is 0 Å². The van der Waals surface area contributed by atoms with Crippen LogP contribution in [0.5, 0.6) is 0 Å². The first-order valence-electron chi connectivity index (χ1n) is 4.39. The van der Waals surface area contributed by atoms with E-state index in [2.05, 4.69) is 14.8 Å². The minimum atomic E-state index is -0.578. The molecule has 0 spiro atoms. The molecule has 0 atom stereocenters. The summed E-state index contributed by atoms with van der Waals surface area (Å²) in [7, 11) is 0. The molecule has 0 rings (SSSR count). The maximum Gasteiger partial charge on any atom is 0.411 e. The SMILES string of the molecule is CCOC(=O)C=C(C)NC(=O)OCC. The van der Waals surface area contributed by atoms with Crippen molar-refractivity contribution in [2.45, 2.75) is 20.8 Å². The van der Waals surface area contributed by atoms with Gasteiger partial charge in [0, 0.05) is 11.8 Å². The molecule has 0 fully saturated rings. The second kappa shape index (κ2) is 6.94. The second-order valence-corrected chi connectivity index (χ2v) is 2.42. The van der Waals surface area contributed by atoms with E-state index < -0.39 is 12.1 Å². The number of carbonyl (C=O) groups is 2. The molecule has 1 N–H and O–H groups in total. The van der Waals surface area contributed by atoms with E-state index in [1.165, 1.54) is 6.08 Å². The minimum Gasteiger partial charge on any atom is -0.463 e. The second-order valence-electron chi connectivity index (χ2n) is 2.42. The Morgan fingerprint density at radius 3 is 2.29 bits per heavy atom. The molecule has 0 aliphatic carbocycles. The predicted molar refractivity (Wildman–Crippen MR) is 50.5 cm³/mol. The van der Waals surface area contributed by atoms with Crippen molar-refractivity contribution in [3.63, 3.8) is 0 Å². The highest BCUT2D eigenvalue weighted by Crippen LogP contribution is 1.90. The normalized spacial score (nSPS) is 10.6. The summed E-state index contributed by atoms with van der Waals surface area (Å²) in [5, 5.41) is 2.37. The van der Waals surface area contributed by atoms with Crippen LogP contribution in [0.1, 0.15) is 20.8 Å². The van der Waals surface area contributed by atoms with Crippen molar-refractivity contribution in [1.29, 1.82) is 0 Å². The van der Waals surface area contributed by atoms with Crippen LogP contribution in [0.25, 0.3) is 0 Å². The molecule has 14 heavy (non-hydrogen) atoms. The highest BCUT2D eigenvalue weighted by atomic mass is 16.5. The maximum atomic E-state index is 10.9. The molecular formula is C9H15NO4. The van der Waals surface area contributed by atoms with Gasteiger partial charge in [-0.3, -0.25) is 5.32 Å². The zero-order valence-electron chi connectivity index (χ0n) is 8.62. The number of hydrogen-bond donors (Lipinski definition) is 1. The molecular weight excluding hydrogens is 186 g/mol. The fourth-order valence-corrected chi connectivity index (χ4v) is 0.725. The molecule has 0 bridgehead atoms. The molecule has 5 heteroatoms. The van der Waals surface area contributed by atoms with Gasteiger partial charge in [-0.2, -0.15) is 0 Å². The van der Waals surface area contributed by atoms with E-state index in [9.17, 15) is 9.59 Å². The summed E-state index contributed by atoms with van der Waals surface area (Å²) in [5.41, 5.74) is 0.391.